The number of carbonyl (C=O) groups is 1. The maximum Gasteiger partial charge on any atom is 0.276 e. The number of hydrogen-bond acceptors (Lipinski definition) is 3. The Balaban J connectivity index is 1.68. The van der Waals surface area contributed by atoms with E-state index in [1.165, 1.54) is 12.8 Å². The van der Waals surface area contributed by atoms with Crippen molar-refractivity contribution in [3.05, 3.63) is 28.7 Å². The third-order valence-corrected chi connectivity index (χ3v) is 5.22. The summed E-state index contributed by atoms with van der Waals surface area (Å²) < 4.78 is 6.32. The van der Waals surface area contributed by atoms with E-state index in [1.807, 2.05) is 12.1 Å². The largest absolute Gasteiger partial charge is 0.484 e. The van der Waals surface area contributed by atoms with E-state index in [4.69, 9.17) is 17.0 Å². The zero-order chi connectivity index (χ0) is 17.5. The number of hydrogen-bond donors (Lipinski definition) is 3. The van der Waals surface area contributed by atoms with Crippen LogP contribution in [0.1, 0.15) is 33.1 Å². The highest BCUT2D eigenvalue weighted by molar-refractivity contribution is 9.10. The lowest BCUT2D eigenvalue weighted by Gasteiger charge is -2.35. The summed E-state index contributed by atoms with van der Waals surface area (Å²) in [6, 6.07) is 7.69. The zero-order valence-corrected chi connectivity index (χ0v) is 16.4. The second-order valence-electron chi connectivity index (χ2n) is 6.27. The second-order valence-corrected chi connectivity index (χ2v) is 7.59. The maximum absolute atomic E-state index is 11.8. The van der Waals surface area contributed by atoms with Crippen molar-refractivity contribution in [2.24, 2.45) is 11.8 Å². The Morgan fingerprint density at radius 1 is 1.33 bits per heavy atom. The summed E-state index contributed by atoms with van der Waals surface area (Å²) in [5.41, 5.74) is 5.30. The molecule has 24 heavy (non-hydrogen) atoms. The summed E-state index contributed by atoms with van der Waals surface area (Å²) in [6.07, 6.45) is 3.58. The summed E-state index contributed by atoms with van der Waals surface area (Å²) in [5, 5.41) is 3.74. The average Bonchev–Trinajstić information content (AvgIpc) is 2.55. The minimum absolute atomic E-state index is 0.0804. The van der Waals surface area contributed by atoms with Gasteiger partial charge in [-0.3, -0.25) is 15.6 Å². The summed E-state index contributed by atoms with van der Waals surface area (Å²) in [4.78, 5) is 11.8. The summed E-state index contributed by atoms with van der Waals surface area (Å²) in [5.74, 6) is 1.59. The molecule has 3 N–H and O–H groups in total. The first kappa shape index (κ1) is 19.0. The number of halogens is 1. The van der Waals surface area contributed by atoms with Crippen LogP contribution in [-0.2, 0) is 4.79 Å². The number of rotatable bonds is 4. The molecule has 0 unspecified atom stereocenters. The van der Waals surface area contributed by atoms with Gasteiger partial charge in [-0.15, -0.1) is 0 Å². The molecule has 1 aliphatic rings. The van der Waals surface area contributed by atoms with Gasteiger partial charge >= 0.3 is 0 Å². The van der Waals surface area contributed by atoms with Gasteiger partial charge in [0.05, 0.1) is 0 Å². The minimum atomic E-state index is -0.288. The van der Waals surface area contributed by atoms with Gasteiger partial charge in [-0.2, -0.15) is 0 Å². The van der Waals surface area contributed by atoms with Gasteiger partial charge in [0.15, 0.2) is 11.7 Å². The van der Waals surface area contributed by atoms with E-state index in [0.717, 1.165) is 10.9 Å². The number of thiocarbonyl (C=S) groups is 1. The molecule has 0 spiro atoms. The van der Waals surface area contributed by atoms with Crippen LogP contribution in [0.4, 0.5) is 0 Å². The number of amides is 1. The topological polar surface area (TPSA) is 62.4 Å². The highest BCUT2D eigenvalue weighted by Gasteiger charge is 2.27. The van der Waals surface area contributed by atoms with E-state index in [9.17, 15) is 4.79 Å². The molecule has 0 heterocycles. The van der Waals surface area contributed by atoms with Crippen LogP contribution in [0.5, 0.6) is 5.75 Å². The van der Waals surface area contributed by atoms with Gasteiger partial charge in [0.1, 0.15) is 5.75 Å². The fraction of sp³-hybridized carbons (Fsp3) is 0.529. The molecule has 3 atom stereocenters. The first-order chi connectivity index (χ1) is 11.5. The molecule has 0 radical (unpaired) electrons. The predicted molar refractivity (Wildman–Crippen MR) is 103 cm³/mol. The monoisotopic (exact) mass is 413 g/mol. The molecule has 0 aliphatic heterocycles. The van der Waals surface area contributed by atoms with Crippen LogP contribution in [0.2, 0.25) is 0 Å². The highest BCUT2D eigenvalue weighted by Crippen LogP contribution is 2.29. The average molecular weight is 414 g/mol. The molecule has 0 bridgehead atoms. The number of nitrogens with one attached hydrogen (secondary N) is 3. The van der Waals surface area contributed by atoms with Crippen molar-refractivity contribution >= 4 is 39.2 Å². The molecular formula is C17H24BrN3O2S. The Bertz CT molecular complexity index is 585. The Morgan fingerprint density at radius 3 is 2.88 bits per heavy atom. The molecule has 7 heteroatoms. The van der Waals surface area contributed by atoms with Crippen molar-refractivity contribution in [3.8, 4) is 5.75 Å². The zero-order valence-electron chi connectivity index (χ0n) is 14.0. The molecule has 132 valence electrons. The van der Waals surface area contributed by atoms with Crippen LogP contribution in [0.25, 0.3) is 0 Å². The quantitative estimate of drug-likeness (QED) is 0.522. The van der Waals surface area contributed by atoms with Crippen molar-refractivity contribution in [1.82, 2.24) is 16.2 Å². The van der Waals surface area contributed by atoms with E-state index in [0.29, 0.717) is 28.7 Å². The fourth-order valence-electron chi connectivity index (χ4n) is 2.86. The smallest absolute Gasteiger partial charge is 0.276 e. The first-order valence-corrected chi connectivity index (χ1v) is 9.39. The Labute approximate surface area is 157 Å². The van der Waals surface area contributed by atoms with E-state index < -0.39 is 0 Å². The van der Waals surface area contributed by atoms with Crippen LogP contribution in [-0.4, -0.2) is 23.7 Å². The van der Waals surface area contributed by atoms with Crippen LogP contribution in [0, 0.1) is 11.8 Å². The van der Waals surface area contributed by atoms with Crippen LogP contribution in [0.15, 0.2) is 28.7 Å². The van der Waals surface area contributed by atoms with Crippen molar-refractivity contribution in [1.29, 1.82) is 0 Å². The maximum atomic E-state index is 11.8. The van der Waals surface area contributed by atoms with Gasteiger partial charge in [-0.1, -0.05) is 48.7 Å². The molecular weight excluding hydrogens is 390 g/mol. The van der Waals surface area contributed by atoms with Crippen LogP contribution in [0.3, 0.4) is 0 Å². The van der Waals surface area contributed by atoms with Crippen molar-refractivity contribution in [2.45, 2.75) is 39.2 Å². The number of benzene rings is 1. The summed E-state index contributed by atoms with van der Waals surface area (Å²) >= 11 is 8.61. The minimum Gasteiger partial charge on any atom is -0.484 e. The number of hydrazine groups is 1. The molecule has 1 saturated carbocycles. The van der Waals surface area contributed by atoms with Crippen molar-refractivity contribution < 1.29 is 9.53 Å². The standard InChI is InChI=1S/C17H24BrN3O2S/c1-11-5-3-8-15(12(11)2)19-17(24)21-20-16(22)10-23-14-7-4-6-13(18)9-14/h4,6-7,9,11-12,15H,3,5,8,10H2,1-2H3,(H,20,22)(H2,19,21,24)/t11-,12+,15-/m0/s1. The van der Waals surface area contributed by atoms with Gasteiger partial charge in [-0.05, 0) is 48.7 Å². The van der Waals surface area contributed by atoms with E-state index in [1.54, 1.807) is 12.1 Å². The molecule has 2 rings (SSSR count). The Hall–Kier alpha value is -1.34. The summed E-state index contributed by atoms with van der Waals surface area (Å²) in [7, 11) is 0. The second kappa shape index (κ2) is 9.22. The SMILES string of the molecule is C[C@H]1[C@@H](NC(=S)NNC(=O)COc2cccc(Br)c2)CCC[C@@H]1C. The van der Waals surface area contributed by atoms with E-state index >= 15 is 0 Å². The highest BCUT2D eigenvalue weighted by atomic mass is 79.9. The lowest BCUT2D eigenvalue weighted by atomic mass is 9.78. The molecule has 1 fully saturated rings. The Kier molecular flexibility index (Phi) is 7.30. The van der Waals surface area contributed by atoms with Gasteiger partial charge < -0.3 is 10.1 Å². The van der Waals surface area contributed by atoms with Crippen molar-refractivity contribution in [2.75, 3.05) is 6.61 Å². The van der Waals surface area contributed by atoms with Gasteiger partial charge in [0.25, 0.3) is 5.91 Å². The molecule has 1 aromatic carbocycles. The first-order valence-electron chi connectivity index (χ1n) is 8.19. The molecule has 0 saturated heterocycles. The van der Waals surface area contributed by atoms with Gasteiger partial charge in [-0.25, -0.2) is 0 Å². The van der Waals surface area contributed by atoms with Gasteiger partial charge in [0, 0.05) is 10.5 Å². The normalized spacial score (nSPS) is 23.2. The van der Waals surface area contributed by atoms with E-state index in [-0.39, 0.29) is 12.5 Å². The Morgan fingerprint density at radius 2 is 2.12 bits per heavy atom. The number of carbonyl (C=O) groups excluding carboxylic acids is 1. The predicted octanol–water partition coefficient (Wildman–Crippen LogP) is 3.15. The third kappa shape index (κ3) is 5.94. The number of ether oxygens (including phenoxy) is 1. The van der Waals surface area contributed by atoms with Crippen LogP contribution >= 0.6 is 28.1 Å². The molecule has 5 nitrogen and oxygen atoms in total. The third-order valence-electron chi connectivity index (χ3n) is 4.50. The fourth-order valence-corrected chi connectivity index (χ4v) is 3.44. The molecule has 1 aliphatic carbocycles. The summed E-state index contributed by atoms with van der Waals surface area (Å²) in [6.45, 7) is 4.44. The lowest BCUT2D eigenvalue weighted by Crippen LogP contribution is -2.53. The van der Waals surface area contributed by atoms with Gasteiger partial charge in [0.2, 0.25) is 0 Å². The lowest BCUT2D eigenvalue weighted by molar-refractivity contribution is -0.123. The molecule has 1 aromatic rings. The van der Waals surface area contributed by atoms with Crippen LogP contribution < -0.4 is 20.9 Å². The molecule has 1 amide bonds. The molecule has 0 aromatic heterocycles. The van der Waals surface area contributed by atoms with Crippen molar-refractivity contribution in [3.63, 3.8) is 0 Å². The van der Waals surface area contributed by atoms with E-state index in [2.05, 4.69) is 45.9 Å².